The molecule has 24 heavy (non-hydrogen) atoms. The van der Waals surface area contributed by atoms with Crippen molar-refractivity contribution in [3.8, 4) is 0 Å². The molecule has 132 valence electrons. The SMILES string of the molecule is CC(C)(C)OC(=O)CC(NC(=O)OCc1ccccc1)C(=O)CBr. The number of ether oxygens (including phenoxy) is 2. The molecule has 7 heteroatoms. The molecule has 1 N–H and O–H groups in total. The lowest BCUT2D eigenvalue weighted by Gasteiger charge is -2.22. The molecule has 0 aliphatic heterocycles. The number of carbonyl (C=O) groups is 3. The molecule has 0 aromatic heterocycles. The third kappa shape index (κ3) is 8.10. The second-order valence-electron chi connectivity index (χ2n) is 6.15. The molecule has 0 spiro atoms. The predicted octanol–water partition coefficient (Wildman–Crippen LogP) is 2.98. The van der Waals surface area contributed by atoms with Crippen LogP contribution >= 0.6 is 15.9 Å². The van der Waals surface area contributed by atoms with Crippen LogP contribution in [0.1, 0.15) is 32.8 Å². The maximum Gasteiger partial charge on any atom is 0.408 e. The van der Waals surface area contributed by atoms with Crippen LogP contribution < -0.4 is 5.32 Å². The van der Waals surface area contributed by atoms with Gasteiger partial charge >= 0.3 is 12.1 Å². The Bertz CT molecular complexity index is 568. The first-order valence-electron chi connectivity index (χ1n) is 7.49. The summed E-state index contributed by atoms with van der Waals surface area (Å²) in [7, 11) is 0. The number of amides is 1. The van der Waals surface area contributed by atoms with E-state index in [9.17, 15) is 14.4 Å². The molecule has 6 nitrogen and oxygen atoms in total. The van der Waals surface area contributed by atoms with E-state index in [1.165, 1.54) is 0 Å². The molecule has 0 heterocycles. The predicted molar refractivity (Wildman–Crippen MR) is 92.8 cm³/mol. The van der Waals surface area contributed by atoms with Crippen LogP contribution in [0.15, 0.2) is 30.3 Å². The minimum Gasteiger partial charge on any atom is -0.460 e. The fourth-order valence-corrected chi connectivity index (χ4v) is 2.19. The van der Waals surface area contributed by atoms with Crippen molar-refractivity contribution in [1.29, 1.82) is 0 Å². The fourth-order valence-electron chi connectivity index (χ4n) is 1.80. The molecule has 1 aromatic rings. The highest BCUT2D eigenvalue weighted by molar-refractivity contribution is 9.09. The molecule has 0 aliphatic carbocycles. The molecule has 0 aliphatic rings. The third-order valence-electron chi connectivity index (χ3n) is 2.82. The average molecular weight is 400 g/mol. The fraction of sp³-hybridized carbons (Fsp3) is 0.471. The van der Waals surface area contributed by atoms with Gasteiger partial charge in [-0.25, -0.2) is 4.79 Å². The molecule has 1 atom stereocenters. The highest BCUT2D eigenvalue weighted by Crippen LogP contribution is 2.10. The molecule has 0 saturated carbocycles. The molecule has 0 radical (unpaired) electrons. The van der Waals surface area contributed by atoms with Crippen LogP contribution in [0.5, 0.6) is 0 Å². The molecule has 1 aromatic carbocycles. The van der Waals surface area contributed by atoms with E-state index in [0.717, 1.165) is 5.56 Å². The standard InChI is InChI=1S/C17H22BrNO5/c1-17(2,3)24-15(21)9-13(14(20)10-18)19-16(22)23-11-12-7-5-4-6-8-12/h4-8,13H,9-11H2,1-3H3,(H,19,22). The Labute approximate surface area is 150 Å². The Balaban J connectivity index is 2.57. The highest BCUT2D eigenvalue weighted by Gasteiger charge is 2.26. The lowest BCUT2D eigenvalue weighted by atomic mass is 10.1. The number of esters is 1. The Morgan fingerprint density at radius 1 is 1.17 bits per heavy atom. The zero-order chi connectivity index (χ0) is 18.2. The first kappa shape index (κ1) is 20.2. The van der Waals surface area contributed by atoms with Crippen molar-refractivity contribution in [1.82, 2.24) is 5.32 Å². The third-order valence-corrected chi connectivity index (χ3v) is 3.37. The van der Waals surface area contributed by atoms with Gasteiger partial charge in [0.1, 0.15) is 18.2 Å². The van der Waals surface area contributed by atoms with Gasteiger partial charge in [0, 0.05) is 0 Å². The van der Waals surface area contributed by atoms with E-state index in [-0.39, 0.29) is 24.1 Å². The van der Waals surface area contributed by atoms with Crippen LogP contribution in [0.25, 0.3) is 0 Å². The van der Waals surface area contributed by atoms with Crippen LogP contribution in [0.3, 0.4) is 0 Å². The molecular weight excluding hydrogens is 378 g/mol. The van der Waals surface area contributed by atoms with E-state index >= 15 is 0 Å². The lowest BCUT2D eigenvalue weighted by Crippen LogP contribution is -2.44. The number of carbonyl (C=O) groups excluding carboxylic acids is 3. The average Bonchev–Trinajstić information content (AvgIpc) is 2.50. The molecule has 1 unspecified atom stereocenters. The smallest absolute Gasteiger partial charge is 0.408 e. The maximum absolute atomic E-state index is 11.9. The molecular formula is C17H22BrNO5. The Morgan fingerprint density at radius 3 is 2.33 bits per heavy atom. The van der Waals surface area contributed by atoms with Gasteiger partial charge in [0.2, 0.25) is 0 Å². The largest absolute Gasteiger partial charge is 0.460 e. The zero-order valence-electron chi connectivity index (χ0n) is 14.0. The van der Waals surface area contributed by atoms with Crippen LogP contribution in [0.2, 0.25) is 0 Å². The second kappa shape index (κ2) is 9.42. The van der Waals surface area contributed by atoms with Gasteiger partial charge in [-0.1, -0.05) is 46.3 Å². The van der Waals surface area contributed by atoms with E-state index in [4.69, 9.17) is 9.47 Å². The number of alkyl halides is 1. The van der Waals surface area contributed by atoms with Crippen molar-refractivity contribution in [2.75, 3.05) is 5.33 Å². The first-order valence-corrected chi connectivity index (χ1v) is 8.61. The van der Waals surface area contributed by atoms with Crippen molar-refractivity contribution in [2.45, 2.75) is 45.4 Å². The van der Waals surface area contributed by atoms with E-state index in [1.807, 2.05) is 30.3 Å². The topological polar surface area (TPSA) is 81.7 Å². The van der Waals surface area contributed by atoms with Crippen molar-refractivity contribution in [3.05, 3.63) is 35.9 Å². The minimum atomic E-state index is -0.998. The number of Topliss-reactive ketones (excluding diaryl/α,β-unsaturated/α-hetero) is 1. The second-order valence-corrected chi connectivity index (χ2v) is 6.71. The monoisotopic (exact) mass is 399 g/mol. The molecule has 1 amide bonds. The molecule has 1 rings (SSSR count). The molecule has 0 fully saturated rings. The van der Waals surface area contributed by atoms with Gasteiger partial charge in [0.05, 0.1) is 11.8 Å². The summed E-state index contributed by atoms with van der Waals surface area (Å²) < 4.78 is 10.2. The number of rotatable bonds is 7. The summed E-state index contributed by atoms with van der Waals surface area (Å²) in [6.45, 7) is 5.27. The Kier molecular flexibility index (Phi) is 7.91. The Hall–Kier alpha value is -1.89. The quantitative estimate of drug-likeness (QED) is 0.562. The highest BCUT2D eigenvalue weighted by atomic mass is 79.9. The first-order chi connectivity index (χ1) is 11.2. The summed E-state index contributed by atoms with van der Waals surface area (Å²) in [5.41, 5.74) is 0.163. The number of nitrogens with one attached hydrogen (secondary N) is 1. The zero-order valence-corrected chi connectivity index (χ0v) is 15.6. The summed E-state index contributed by atoms with van der Waals surface area (Å²) in [6, 6.07) is 8.15. The van der Waals surface area contributed by atoms with Gasteiger partial charge in [-0.3, -0.25) is 9.59 Å². The van der Waals surface area contributed by atoms with Gasteiger partial charge in [0.15, 0.2) is 5.78 Å². The van der Waals surface area contributed by atoms with Crippen LogP contribution in [0, 0.1) is 0 Å². The van der Waals surface area contributed by atoms with Gasteiger partial charge in [0.25, 0.3) is 0 Å². The summed E-state index contributed by atoms with van der Waals surface area (Å²) in [5.74, 6) is -0.900. The van der Waals surface area contributed by atoms with E-state index < -0.39 is 23.7 Å². The summed E-state index contributed by atoms with van der Waals surface area (Å²) >= 11 is 3.04. The van der Waals surface area contributed by atoms with Crippen molar-refractivity contribution in [3.63, 3.8) is 0 Å². The Morgan fingerprint density at radius 2 is 1.79 bits per heavy atom. The number of benzene rings is 1. The minimum absolute atomic E-state index is 0.0133. The van der Waals surface area contributed by atoms with Crippen molar-refractivity contribution in [2.24, 2.45) is 0 Å². The van der Waals surface area contributed by atoms with Crippen LogP contribution in [0.4, 0.5) is 4.79 Å². The van der Waals surface area contributed by atoms with Crippen LogP contribution in [-0.2, 0) is 25.7 Å². The number of ketones is 1. The van der Waals surface area contributed by atoms with E-state index in [0.29, 0.717) is 0 Å². The summed E-state index contributed by atoms with van der Waals surface area (Å²) in [4.78, 5) is 35.6. The van der Waals surface area contributed by atoms with Crippen molar-refractivity contribution < 1.29 is 23.9 Å². The van der Waals surface area contributed by atoms with Crippen molar-refractivity contribution >= 4 is 33.8 Å². The number of halogens is 1. The lowest BCUT2D eigenvalue weighted by molar-refractivity contribution is -0.156. The van der Waals surface area contributed by atoms with Crippen LogP contribution in [-0.4, -0.2) is 34.8 Å². The van der Waals surface area contributed by atoms with Gasteiger partial charge in [-0.2, -0.15) is 0 Å². The van der Waals surface area contributed by atoms with Gasteiger partial charge in [-0.15, -0.1) is 0 Å². The number of hydrogen-bond donors (Lipinski definition) is 1. The molecule has 0 bridgehead atoms. The number of hydrogen-bond acceptors (Lipinski definition) is 5. The van der Waals surface area contributed by atoms with E-state index in [2.05, 4.69) is 21.2 Å². The number of alkyl carbamates (subject to hydrolysis) is 1. The van der Waals surface area contributed by atoms with Gasteiger partial charge < -0.3 is 14.8 Å². The summed E-state index contributed by atoms with van der Waals surface area (Å²) in [5, 5.41) is 2.43. The van der Waals surface area contributed by atoms with Gasteiger partial charge in [-0.05, 0) is 26.3 Å². The van der Waals surface area contributed by atoms with E-state index in [1.54, 1.807) is 20.8 Å². The molecule has 0 saturated heterocycles. The normalized spacial score (nSPS) is 12.2. The summed E-state index contributed by atoms with van der Waals surface area (Å²) in [6.07, 6.45) is -1.01. The maximum atomic E-state index is 11.9.